The number of amides is 1. The van der Waals surface area contributed by atoms with Gasteiger partial charge < -0.3 is 10.1 Å². The Morgan fingerprint density at radius 1 is 1.50 bits per heavy atom. The van der Waals surface area contributed by atoms with Gasteiger partial charge in [0, 0.05) is 0 Å². The van der Waals surface area contributed by atoms with E-state index in [4.69, 9.17) is 0 Å². The molecule has 0 aromatic rings. The van der Waals surface area contributed by atoms with Gasteiger partial charge in [-0.3, -0.25) is 0 Å². The lowest BCUT2D eigenvalue weighted by Gasteiger charge is -2.23. The summed E-state index contributed by atoms with van der Waals surface area (Å²) in [4.78, 5) is 11.1. The predicted octanol–water partition coefficient (Wildman–Crippen LogP) is 2.72. The maximum Gasteiger partial charge on any atom is 0.407 e. The Hall–Kier alpha value is -0.990. The third kappa shape index (κ3) is 4.30. The summed E-state index contributed by atoms with van der Waals surface area (Å²) in [7, 11) is 1.37. The van der Waals surface area contributed by atoms with Gasteiger partial charge in [0.05, 0.1) is 13.2 Å². The second-order valence-electron chi connectivity index (χ2n) is 3.77. The van der Waals surface area contributed by atoms with Crippen molar-refractivity contribution in [2.75, 3.05) is 7.11 Å². The highest BCUT2D eigenvalue weighted by Gasteiger charge is 2.18. The van der Waals surface area contributed by atoms with Crippen molar-refractivity contribution < 1.29 is 9.53 Å². The zero-order valence-corrected chi connectivity index (χ0v) is 9.59. The van der Waals surface area contributed by atoms with E-state index >= 15 is 0 Å². The van der Waals surface area contributed by atoms with Gasteiger partial charge >= 0.3 is 6.09 Å². The van der Waals surface area contributed by atoms with Crippen molar-refractivity contribution in [3.8, 4) is 0 Å². The van der Waals surface area contributed by atoms with Crippen molar-refractivity contribution in [1.82, 2.24) is 5.32 Å². The van der Waals surface area contributed by atoms with Crippen molar-refractivity contribution in [2.24, 2.45) is 5.92 Å². The summed E-state index contributed by atoms with van der Waals surface area (Å²) in [6.07, 6.45) is 1.60. The first-order chi connectivity index (χ1) is 6.52. The number of nitrogens with one attached hydrogen (secondary N) is 1. The van der Waals surface area contributed by atoms with Crippen LogP contribution in [0.2, 0.25) is 0 Å². The van der Waals surface area contributed by atoms with Crippen LogP contribution in [0, 0.1) is 5.92 Å². The van der Waals surface area contributed by atoms with Gasteiger partial charge in [-0.15, -0.1) is 0 Å². The molecule has 0 fully saturated rings. The van der Waals surface area contributed by atoms with Gasteiger partial charge in [-0.1, -0.05) is 39.3 Å². The zero-order valence-electron chi connectivity index (χ0n) is 9.59. The molecule has 0 heterocycles. The lowest BCUT2D eigenvalue weighted by atomic mass is 9.94. The molecule has 1 N–H and O–H groups in total. The van der Waals surface area contributed by atoms with E-state index in [2.05, 4.69) is 37.4 Å². The summed E-state index contributed by atoms with van der Waals surface area (Å²) < 4.78 is 4.57. The minimum Gasteiger partial charge on any atom is -0.453 e. The van der Waals surface area contributed by atoms with Gasteiger partial charge in [0.2, 0.25) is 0 Å². The van der Waals surface area contributed by atoms with Gasteiger partial charge in [-0.25, -0.2) is 4.79 Å². The normalized spacial score (nSPS) is 12.4. The van der Waals surface area contributed by atoms with Gasteiger partial charge in [0.1, 0.15) is 0 Å². The highest BCUT2D eigenvalue weighted by molar-refractivity contribution is 5.67. The SMILES string of the molecule is C=C(CCC)C(NC(=O)OC)C(C)C. The first kappa shape index (κ1) is 13.0. The Kier molecular flexibility index (Phi) is 6.00. The van der Waals surface area contributed by atoms with E-state index in [1.165, 1.54) is 7.11 Å². The smallest absolute Gasteiger partial charge is 0.407 e. The monoisotopic (exact) mass is 199 g/mol. The quantitative estimate of drug-likeness (QED) is 0.691. The molecular weight excluding hydrogens is 178 g/mol. The molecule has 3 heteroatoms. The van der Waals surface area contributed by atoms with Crippen molar-refractivity contribution in [2.45, 2.75) is 39.7 Å². The molecular formula is C11H21NO2. The van der Waals surface area contributed by atoms with Crippen molar-refractivity contribution >= 4 is 6.09 Å². The number of carbonyl (C=O) groups is 1. The summed E-state index contributed by atoms with van der Waals surface area (Å²) in [6, 6.07) is 0.0161. The van der Waals surface area contributed by atoms with E-state index in [1.54, 1.807) is 0 Å². The van der Waals surface area contributed by atoms with Gasteiger partial charge in [-0.2, -0.15) is 0 Å². The van der Waals surface area contributed by atoms with Crippen LogP contribution in [0.25, 0.3) is 0 Å². The number of hydrogen-bond donors (Lipinski definition) is 1. The number of hydrogen-bond acceptors (Lipinski definition) is 2. The van der Waals surface area contributed by atoms with Crippen LogP contribution in [0.5, 0.6) is 0 Å². The molecule has 0 saturated carbocycles. The molecule has 0 spiro atoms. The molecule has 0 aliphatic heterocycles. The van der Waals surface area contributed by atoms with E-state index in [1.807, 2.05) is 0 Å². The number of methoxy groups -OCH3 is 1. The number of rotatable bonds is 5. The van der Waals surface area contributed by atoms with E-state index in [0.717, 1.165) is 18.4 Å². The second kappa shape index (κ2) is 6.46. The topological polar surface area (TPSA) is 38.3 Å². The van der Waals surface area contributed by atoms with Crippen molar-refractivity contribution in [3.05, 3.63) is 12.2 Å². The Labute approximate surface area is 86.5 Å². The van der Waals surface area contributed by atoms with Crippen LogP contribution in [0.3, 0.4) is 0 Å². The van der Waals surface area contributed by atoms with Crippen LogP contribution in [0.15, 0.2) is 12.2 Å². The molecule has 1 amide bonds. The zero-order chi connectivity index (χ0) is 11.1. The predicted molar refractivity (Wildman–Crippen MR) is 58.2 cm³/mol. The van der Waals surface area contributed by atoms with Crippen LogP contribution in [0.1, 0.15) is 33.6 Å². The molecule has 1 unspecified atom stereocenters. The minimum absolute atomic E-state index is 0.0161. The van der Waals surface area contributed by atoms with Crippen LogP contribution in [0.4, 0.5) is 4.79 Å². The molecule has 0 aromatic carbocycles. The molecule has 0 bridgehead atoms. The van der Waals surface area contributed by atoms with Crippen LogP contribution >= 0.6 is 0 Å². The fourth-order valence-electron chi connectivity index (χ4n) is 1.40. The molecule has 82 valence electrons. The first-order valence-corrected chi connectivity index (χ1v) is 5.05. The summed E-state index contributed by atoms with van der Waals surface area (Å²) in [5, 5.41) is 2.79. The third-order valence-corrected chi connectivity index (χ3v) is 2.14. The fourth-order valence-corrected chi connectivity index (χ4v) is 1.40. The lowest BCUT2D eigenvalue weighted by Crippen LogP contribution is -2.39. The molecule has 0 saturated heterocycles. The Morgan fingerprint density at radius 2 is 2.07 bits per heavy atom. The highest BCUT2D eigenvalue weighted by Crippen LogP contribution is 2.15. The maximum absolute atomic E-state index is 11.1. The molecule has 0 radical (unpaired) electrons. The fraction of sp³-hybridized carbons (Fsp3) is 0.727. The van der Waals surface area contributed by atoms with Gasteiger partial charge in [0.15, 0.2) is 0 Å². The van der Waals surface area contributed by atoms with E-state index in [9.17, 15) is 4.79 Å². The van der Waals surface area contributed by atoms with E-state index in [0.29, 0.717) is 5.92 Å². The Morgan fingerprint density at radius 3 is 2.43 bits per heavy atom. The van der Waals surface area contributed by atoms with Crippen LogP contribution in [-0.4, -0.2) is 19.2 Å². The number of alkyl carbamates (subject to hydrolysis) is 1. The Balaban J connectivity index is 4.29. The maximum atomic E-state index is 11.1. The molecule has 1 atom stereocenters. The number of carbonyl (C=O) groups excluding carboxylic acids is 1. The van der Waals surface area contributed by atoms with E-state index < -0.39 is 0 Å². The van der Waals surface area contributed by atoms with Gasteiger partial charge in [-0.05, 0) is 12.3 Å². The molecule has 0 rings (SSSR count). The minimum atomic E-state index is -0.388. The summed E-state index contributed by atoms with van der Waals surface area (Å²) in [5.74, 6) is 0.341. The standard InChI is InChI=1S/C11H21NO2/c1-6-7-9(4)10(8(2)3)12-11(13)14-5/h8,10H,4,6-7H2,1-3,5H3,(H,12,13). The molecule has 3 nitrogen and oxygen atoms in total. The van der Waals surface area contributed by atoms with Crippen LogP contribution < -0.4 is 5.32 Å². The molecule has 0 aliphatic rings. The summed E-state index contributed by atoms with van der Waals surface area (Å²) in [5.41, 5.74) is 1.06. The van der Waals surface area contributed by atoms with Crippen LogP contribution in [-0.2, 0) is 4.74 Å². The Bertz CT molecular complexity index is 199. The van der Waals surface area contributed by atoms with Crippen molar-refractivity contribution in [1.29, 1.82) is 0 Å². The van der Waals surface area contributed by atoms with Gasteiger partial charge in [0.25, 0.3) is 0 Å². The first-order valence-electron chi connectivity index (χ1n) is 5.05. The molecule has 14 heavy (non-hydrogen) atoms. The second-order valence-corrected chi connectivity index (χ2v) is 3.77. The largest absolute Gasteiger partial charge is 0.453 e. The summed E-state index contributed by atoms with van der Waals surface area (Å²) in [6.45, 7) is 10.2. The van der Waals surface area contributed by atoms with Crippen molar-refractivity contribution in [3.63, 3.8) is 0 Å². The number of ether oxygens (including phenoxy) is 1. The third-order valence-electron chi connectivity index (χ3n) is 2.14. The average molecular weight is 199 g/mol. The highest BCUT2D eigenvalue weighted by atomic mass is 16.5. The molecule has 0 aromatic heterocycles. The molecule has 0 aliphatic carbocycles. The van der Waals surface area contributed by atoms with E-state index in [-0.39, 0.29) is 12.1 Å². The lowest BCUT2D eigenvalue weighted by molar-refractivity contribution is 0.165. The average Bonchev–Trinajstić information content (AvgIpc) is 2.13. The summed E-state index contributed by atoms with van der Waals surface area (Å²) >= 11 is 0.